The van der Waals surface area contributed by atoms with Crippen LogP contribution in [0.15, 0.2) is 30.3 Å². The molecule has 2 heteroatoms. The quantitative estimate of drug-likeness (QED) is 0.631. The average Bonchev–Trinajstić information content (AvgIpc) is 2.34. The van der Waals surface area contributed by atoms with Crippen molar-refractivity contribution in [3.8, 4) is 0 Å². The fraction of sp³-hybridized carbons (Fsp3) is 0.647. The molecular formula is C17H30OSi. The van der Waals surface area contributed by atoms with Crippen LogP contribution in [0, 0.1) is 0 Å². The van der Waals surface area contributed by atoms with Crippen LogP contribution in [0.4, 0.5) is 0 Å². The summed E-state index contributed by atoms with van der Waals surface area (Å²) in [7, 11) is -1.63. The minimum atomic E-state index is -1.63. The molecule has 0 N–H and O–H groups in total. The van der Waals surface area contributed by atoms with Crippen molar-refractivity contribution in [2.45, 2.75) is 71.2 Å². The van der Waals surface area contributed by atoms with Crippen LogP contribution in [0.5, 0.6) is 0 Å². The van der Waals surface area contributed by atoms with Crippen LogP contribution in [0.25, 0.3) is 0 Å². The highest BCUT2D eigenvalue weighted by molar-refractivity contribution is 6.74. The Kier molecular flexibility index (Phi) is 5.81. The van der Waals surface area contributed by atoms with Crippen LogP contribution in [0.2, 0.25) is 18.1 Å². The van der Waals surface area contributed by atoms with Crippen molar-refractivity contribution in [1.29, 1.82) is 0 Å². The standard InChI is InChI=1S/C17H30OSi/c1-7-16(18-19(5,6)17(2,3)4)14-13-15-11-9-8-10-12-15/h8-12,16H,7,13-14H2,1-6H3/t16-/m0/s1. The smallest absolute Gasteiger partial charge is 0.192 e. The van der Waals surface area contributed by atoms with E-state index in [-0.39, 0.29) is 0 Å². The molecule has 0 aliphatic rings. The van der Waals surface area contributed by atoms with E-state index < -0.39 is 8.32 Å². The van der Waals surface area contributed by atoms with Gasteiger partial charge in [0.05, 0.1) is 0 Å². The van der Waals surface area contributed by atoms with E-state index in [2.05, 4.69) is 71.1 Å². The molecule has 19 heavy (non-hydrogen) atoms. The third-order valence-corrected chi connectivity index (χ3v) is 8.86. The van der Waals surface area contributed by atoms with Gasteiger partial charge in [-0.2, -0.15) is 0 Å². The first-order chi connectivity index (χ1) is 8.76. The molecule has 0 radical (unpaired) electrons. The Morgan fingerprint density at radius 2 is 1.68 bits per heavy atom. The summed E-state index contributed by atoms with van der Waals surface area (Å²) < 4.78 is 6.51. The first-order valence-electron chi connectivity index (χ1n) is 7.48. The van der Waals surface area contributed by atoms with Gasteiger partial charge in [-0.15, -0.1) is 0 Å². The van der Waals surface area contributed by atoms with Crippen LogP contribution in [0.1, 0.15) is 46.1 Å². The van der Waals surface area contributed by atoms with Crippen molar-refractivity contribution >= 4 is 8.32 Å². The number of aryl methyl sites for hydroxylation is 1. The Hall–Kier alpha value is -0.603. The predicted octanol–water partition coefficient (Wildman–Crippen LogP) is 5.42. The fourth-order valence-corrected chi connectivity index (χ4v) is 3.38. The Labute approximate surface area is 120 Å². The first-order valence-corrected chi connectivity index (χ1v) is 10.4. The van der Waals surface area contributed by atoms with E-state index >= 15 is 0 Å². The summed E-state index contributed by atoms with van der Waals surface area (Å²) in [6.45, 7) is 13.9. The maximum atomic E-state index is 6.51. The second-order valence-corrected chi connectivity index (χ2v) is 11.7. The van der Waals surface area contributed by atoms with E-state index in [1.54, 1.807) is 0 Å². The van der Waals surface area contributed by atoms with E-state index in [9.17, 15) is 0 Å². The molecule has 0 fully saturated rings. The maximum absolute atomic E-state index is 6.51. The van der Waals surface area contributed by atoms with Gasteiger partial charge in [0.1, 0.15) is 0 Å². The van der Waals surface area contributed by atoms with Gasteiger partial charge in [0.25, 0.3) is 0 Å². The SMILES string of the molecule is CC[C@@H](CCc1ccccc1)O[Si](C)(C)C(C)(C)C. The van der Waals surface area contributed by atoms with Crippen LogP contribution in [-0.4, -0.2) is 14.4 Å². The first kappa shape index (κ1) is 16.5. The third kappa shape index (κ3) is 5.11. The van der Waals surface area contributed by atoms with Gasteiger partial charge >= 0.3 is 0 Å². The van der Waals surface area contributed by atoms with Gasteiger partial charge in [0.2, 0.25) is 0 Å². The van der Waals surface area contributed by atoms with Crippen LogP contribution in [0.3, 0.4) is 0 Å². The zero-order valence-electron chi connectivity index (χ0n) is 13.5. The molecule has 0 aromatic heterocycles. The van der Waals surface area contributed by atoms with Gasteiger partial charge in [-0.25, -0.2) is 0 Å². The number of hydrogen-bond acceptors (Lipinski definition) is 1. The van der Waals surface area contributed by atoms with Crippen molar-refractivity contribution in [1.82, 2.24) is 0 Å². The van der Waals surface area contributed by atoms with E-state index in [0.29, 0.717) is 11.1 Å². The summed E-state index contributed by atoms with van der Waals surface area (Å²) >= 11 is 0. The van der Waals surface area contributed by atoms with Gasteiger partial charge in [-0.1, -0.05) is 58.0 Å². The fourth-order valence-electron chi connectivity index (χ4n) is 1.91. The molecule has 0 aliphatic heterocycles. The van der Waals surface area contributed by atoms with Gasteiger partial charge in [-0.05, 0) is 43.0 Å². The monoisotopic (exact) mass is 278 g/mol. The van der Waals surface area contributed by atoms with Crippen LogP contribution in [-0.2, 0) is 10.8 Å². The number of benzene rings is 1. The van der Waals surface area contributed by atoms with Gasteiger partial charge in [-0.3, -0.25) is 0 Å². The lowest BCUT2D eigenvalue weighted by atomic mass is 10.1. The highest BCUT2D eigenvalue weighted by Crippen LogP contribution is 2.38. The highest BCUT2D eigenvalue weighted by atomic mass is 28.4. The summed E-state index contributed by atoms with van der Waals surface area (Å²) in [4.78, 5) is 0. The zero-order chi connectivity index (χ0) is 14.5. The molecule has 0 heterocycles. The minimum absolute atomic E-state index is 0.299. The van der Waals surface area contributed by atoms with Crippen LogP contribution < -0.4 is 0 Å². The minimum Gasteiger partial charge on any atom is -0.414 e. The van der Waals surface area contributed by atoms with Crippen molar-refractivity contribution in [3.63, 3.8) is 0 Å². The largest absolute Gasteiger partial charge is 0.414 e. The van der Waals surface area contributed by atoms with Gasteiger partial charge in [0, 0.05) is 6.10 Å². The summed E-state index contributed by atoms with van der Waals surface area (Å²) in [5, 5.41) is 0.299. The van der Waals surface area contributed by atoms with Crippen LogP contribution >= 0.6 is 0 Å². The topological polar surface area (TPSA) is 9.23 Å². The summed E-state index contributed by atoms with van der Waals surface area (Å²) in [6.07, 6.45) is 3.77. The Morgan fingerprint density at radius 1 is 1.11 bits per heavy atom. The predicted molar refractivity (Wildman–Crippen MR) is 87.1 cm³/mol. The van der Waals surface area contributed by atoms with Crippen molar-refractivity contribution in [2.24, 2.45) is 0 Å². The molecule has 1 atom stereocenters. The van der Waals surface area contributed by atoms with Crippen molar-refractivity contribution in [2.75, 3.05) is 0 Å². The third-order valence-electron chi connectivity index (χ3n) is 4.32. The van der Waals surface area contributed by atoms with E-state index in [4.69, 9.17) is 4.43 Å². The Balaban J connectivity index is 2.55. The van der Waals surface area contributed by atoms with Gasteiger partial charge < -0.3 is 4.43 Å². The molecule has 1 aromatic carbocycles. The molecule has 1 nitrogen and oxygen atoms in total. The summed E-state index contributed by atoms with van der Waals surface area (Å²) in [5.74, 6) is 0. The highest BCUT2D eigenvalue weighted by Gasteiger charge is 2.38. The molecule has 1 rings (SSSR count). The van der Waals surface area contributed by atoms with E-state index in [0.717, 1.165) is 19.3 Å². The lowest BCUT2D eigenvalue weighted by Gasteiger charge is -2.39. The lowest BCUT2D eigenvalue weighted by Crippen LogP contribution is -2.43. The Morgan fingerprint density at radius 3 is 2.16 bits per heavy atom. The van der Waals surface area contributed by atoms with Crippen molar-refractivity contribution in [3.05, 3.63) is 35.9 Å². The molecule has 0 spiro atoms. The second kappa shape index (κ2) is 6.71. The molecule has 0 bridgehead atoms. The molecule has 0 unspecified atom stereocenters. The average molecular weight is 279 g/mol. The molecule has 0 aliphatic carbocycles. The Bertz CT molecular complexity index is 365. The summed E-state index contributed by atoms with van der Waals surface area (Å²) in [6, 6.07) is 10.7. The van der Waals surface area contributed by atoms with Gasteiger partial charge in [0.15, 0.2) is 8.32 Å². The zero-order valence-corrected chi connectivity index (χ0v) is 14.5. The second-order valence-electron chi connectivity index (χ2n) is 6.93. The molecule has 0 amide bonds. The lowest BCUT2D eigenvalue weighted by molar-refractivity contribution is 0.167. The number of hydrogen-bond donors (Lipinski definition) is 0. The molecule has 1 aromatic rings. The van der Waals surface area contributed by atoms with E-state index in [1.165, 1.54) is 5.56 Å². The molecule has 0 saturated heterocycles. The number of rotatable bonds is 6. The molecule has 108 valence electrons. The van der Waals surface area contributed by atoms with Crippen molar-refractivity contribution < 1.29 is 4.43 Å². The summed E-state index contributed by atoms with van der Waals surface area (Å²) in [5.41, 5.74) is 1.42. The molecule has 0 saturated carbocycles. The molecular weight excluding hydrogens is 248 g/mol. The van der Waals surface area contributed by atoms with E-state index in [1.807, 2.05) is 0 Å². The normalized spacial score (nSPS) is 14.4. The maximum Gasteiger partial charge on any atom is 0.192 e.